The van der Waals surface area contributed by atoms with Crippen LogP contribution in [0.3, 0.4) is 0 Å². The summed E-state index contributed by atoms with van der Waals surface area (Å²) in [4.78, 5) is 54.1. The Morgan fingerprint density at radius 1 is 0.517 bits per heavy atom. The van der Waals surface area contributed by atoms with Gasteiger partial charge in [0.25, 0.3) is 0 Å². The number of ether oxygens (including phenoxy) is 2. The van der Waals surface area contributed by atoms with Gasteiger partial charge in [0, 0.05) is 12.8 Å². The Kier molecular flexibility index (Phi) is 33.2. The molecule has 1 aliphatic rings. The molecule has 0 aromatic rings. The summed E-state index contributed by atoms with van der Waals surface area (Å²) >= 11 is 4.25. The molecular weight excluding hydrogens is 842 g/mol. The summed E-state index contributed by atoms with van der Waals surface area (Å²) in [5, 5.41) is 41.2. The summed E-state index contributed by atoms with van der Waals surface area (Å²) in [5.74, 6) is -0.241. The molecule has 1 fully saturated rings. The van der Waals surface area contributed by atoms with Gasteiger partial charge in [-0.2, -0.15) is 12.6 Å². The van der Waals surface area contributed by atoms with Gasteiger partial charge in [0.1, 0.15) is 43.2 Å². The van der Waals surface area contributed by atoms with Crippen LogP contribution in [0, 0.1) is 0 Å². The lowest BCUT2D eigenvalue weighted by molar-refractivity contribution is -0.216. The van der Waals surface area contributed by atoms with E-state index < -0.39 is 83.5 Å². The van der Waals surface area contributed by atoms with Gasteiger partial charge in [-0.15, -0.1) is 0 Å². The average Bonchev–Trinajstić information content (AvgIpc) is 3.20. The molecule has 0 amide bonds. The topological polar surface area (TPSA) is 256 Å². The van der Waals surface area contributed by atoms with E-state index >= 15 is 0 Å². The molecule has 60 heavy (non-hydrogen) atoms. The molecule has 0 bridgehead atoms. The number of phosphoric acid groups is 2. The summed E-state index contributed by atoms with van der Waals surface area (Å²) in [6.07, 6.45) is 14.7. The van der Waals surface area contributed by atoms with E-state index in [-0.39, 0.29) is 12.8 Å². The number of hydrogen-bond acceptors (Lipinski definition) is 14. The summed E-state index contributed by atoms with van der Waals surface area (Å²) in [6.45, 7) is 0.883. The average molecular weight is 923 g/mol. The van der Waals surface area contributed by atoms with Crippen LogP contribution in [-0.4, -0.2) is 109 Å². The highest BCUT2D eigenvalue weighted by molar-refractivity contribution is 7.80. The molecule has 7 N–H and O–H groups in total. The summed E-state index contributed by atoms with van der Waals surface area (Å²) in [7, 11) is -10.7. The van der Waals surface area contributed by atoms with E-state index in [2.05, 4.69) is 24.1 Å². The zero-order valence-corrected chi connectivity index (χ0v) is 38.8. The molecule has 0 radical (unpaired) electrons. The van der Waals surface area contributed by atoms with Gasteiger partial charge in [0.2, 0.25) is 0 Å². The first-order valence-electron chi connectivity index (χ1n) is 22.7. The summed E-state index contributed by atoms with van der Waals surface area (Å²) in [6, 6.07) is 0. The molecule has 8 atom stereocenters. The van der Waals surface area contributed by atoms with Crippen LogP contribution in [0.5, 0.6) is 0 Å². The molecule has 1 saturated carbocycles. The number of aliphatic hydroxyl groups is 4. The molecule has 1 aliphatic carbocycles. The van der Waals surface area contributed by atoms with Gasteiger partial charge < -0.3 is 44.6 Å². The van der Waals surface area contributed by atoms with Crippen molar-refractivity contribution in [1.82, 2.24) is 0 Å². The molecule has 0 heterocycles. The maximum Gasteiger partial charge on any atom is 0.472 e. The number of thiol groups is 1. The van der Waals surface area contributed by atoms with Crippen molar-refractivity contribution in [2.75, 3.05) is 19.0 Å². The Balaban J connectivity index is 2.60. The Hall–Kier alpha value is -0.650. The standard InChI is InChI=1S/C41H80O16P2S/c1-2-3-4-5-6-7-8-10-14-17-20-23-26-29-35(43)55-33(31-53-34(42)28-25-22-19-16-13-11-9-12-15-18-21-24-27-30-60)32-54-59(51,52)57-41-38(46)36(44)37(45)40(39(41)47)56-58(48,49)50/h33,36-41,44-47,60H,2-32H2,1H3,(H,51,52)(H2,48,49,50)/t33-,36+,37?,38?,39-,40-,41?/m1/s1. The molecule has 16 nitrogen and oxygen atoms in total. The second-order valence-corrected chi connectivity index (χ2v) is 19.3. The maximum atomic E-state index is 12.9. The number of unbranched alkanes of at least 4 members (excludes halogenated alkanes) is 24. The molecule has 19 heteroatoms. The fraction of sp³-hybridized carbons (Fsp3) is 0.951. The number of phosphoric ester groups is 2. The largest absolute Gasteiger partial charge is 0.472 e. The highest BCUT2D eigenvalue weighted by Crippen LogP contribution is 2.49. The molecule has 356 valence electrons. The third-order valence-electron chi connectivity index (χ3n) is 10.7. The minimum Gasteiger partial charge on any atom is -0.462 e. The van der Waals surface area contributed by atoms with Gasteiger partial charge in [0.15, 0.2) is 6.10 Å². The van der Waals surface area contributed by atoms with Crippen LogP contribution in [0.4, 0.5) is 0 Å². The van der Waals surface area contributed by atoms with E-state index in [1.165, 1.54) is 103 Å². The van der Waals surface area contributed by atoms with E-state index in [0.717, 1.165) is 57.1 Å². The molecule has 0 aliphatic heterocycles. The molecule has 0 aromatic carbocycles. The van der Waals surface area contributed by atoms with E-state index in [9.17, 15) is 44.0 Å². The number of carbonyl (C=O) groups is 2. The van der Waals surface area contributed by atoms with E-state index in [1.54, 1.807) is 0 Å². The SMILES string of the molecule is CCCCCCCCCCCCCCCC(=O)O[C@H](COC(=O)CCCCCCCCCCCCCCCS)COP(=O)(O)OC1C(O)[C@@H](O)C(O)[C@@H](OP(=O)(O)O)[C@H]1O. The van der Waals surface area contributed by atoms with Crippen molar-refractivity contribution in [3.63, 3.8) is 0 Å². The Bertz CT molecular complexity index is 1200. The number of esters is 2. The smallest absolute Gasteiger partial charge is 0.462 e. The molecule has 4 unspecified atom stereocenters. The zero-order chi connectivity index (χ0) is 44.7. The number of carbonyl (C=O) groups excluding carboxylic acids is 2. The van der Waals surface area contributed by atoms with Gasteiger partial charge >= 0.3 is 27.6 Å². The lowest BCUT2D eigenvalue weighted by Crippen LogP contribution is -2.64. The number of hydrogen-bond donors (Lipinski definition) is 8. The lowest BCUT2D eigenvalue weighted by atomic mass is 9.85. The van der Waals surface area contributed by atoms with Crippen molar-refractivity contribution >= 4 is 40.2 Å². The third-order valence-corrected chi connectivity index (χ3v) is 12.6. The first-order chi connectivity index (χ1) is 28.6. The van der Waals surface area contributed by atoms with Crippen molar-refractivity contribution in [1.29, 1.82) is 0 Å². The highest BCUT2D eigenvalue weighted by atomic mass is 32.1. The minimum absolute atomic E-state index is 0.0494. The van der Waals surface area contributed by atoms with Crippen LogP contribution in [0.2, 0.25) is 0 Å². The highest BCUT2D eigenvalue weighted by Gasteiger charge is 2.54. The Morgan fingerprint density at radius 2 is 0.900 bits per heavy atom. The van der Waals surface area contributed by atoms with Crippen LogP contribution in [0.15, 0.2) is 0 Å². The zero-order valence-electron chi connectivity index (χ0n) is 36.1. The molecular formula is C41H80O16P2S. The minimum atomic E-state index is -5.36. The molecule has 1 rings (SSSR count). The quantitative estimate of drug-likeness (QED) is 0.0127. The van der Waals surface area contributed by atoms with Crippen LogP contribution < -0.4 is 0 Å². The second kappa shape index (κ2) is 34.7. The monoisotopic (exact) mass is 922 g/mol. The summed E-state index contributed by atoms with van der Waals surface area (Å²) in [5.41, 5.74) is 0. The Morgan fingerprint density at radius 3 is 1.32 bits per heavy atom. The van der Waals surface area contributed by atoms with E-state index in [0.29, 0.717) is 12.8 Å². The predicted octanol–water partition coefficient (Wildman–Crippen LogP) is 7.75. The third kappa shape index (κ3) is 28.9. The fourth-order valence-corrected chi connectivity index (χ4v) is 8.95. The predicted molar refractivity (Wildman–Crippen MR) is 231 cm³/mol. The number of rotatable bonds is 39. The van der Waals surface area contributed by atoms with E-state index in [4.69, 9.17) is 28.3 Å². The van der Waals surface area contributed by atoms with E-state index in [1.807, 2.05) is 0 Å². The van der Waals surface area contributed by atoms with Gasteiger partial charge in [0.05, 0.1) is 6.61 Å². The normalized spacial score (nSPS) is 22.4. The first-order valence-corrected chi connectivity index (χ1v) is 26.4. The van der Waals surface area contributed by atoms with Gasteiger partial charge in [-0.3, -0.25) is 23.2 Å². The molecule has 0 aromatic heterocycles. The summed E-state index contributed by atoms with van der Waals surface area (Å²) < 4.78 is 49.3. The number of aliphatic hydroxyl groups excluding tert-OH is 4. The van der Waals surface area contributed by atoms with Crippen molar-refractivity contribution in [3.8, 4) is 0 Å². The lowest BCUT2D eigenvalue weighted by Gasteiger charge is -2.43. The maximum absolute atomic E-state index is 12.9. The van der Waals surface area contributed by atoms with Crippen LogP contribution in [-0.2, 0) is 41.8 Å². The van der Waals surface area contributed by atoms with Crippen molar-refractivity contribution < 1.29 is 76.9 Å². The molecule has 0 spiro atoms. The van der Waals surface area contributed by atoms with Gasteiger partial charge in [-0.1, -0.05) is 155 Å². The molecule has 0 saturated heterocycles. The van der Waals surface area contributed by atoms with Crippen LogP contribution in [0.25, 0.3) is 0 Å². The van der Waals surface area contributed by atoms with Crippen molar-refractivity contribution in [2.24, 2.45) is 0 Å². The van der Waals surface area contributed by atoms with Gasteiger partial charge in [-0.05, 0) is 25.0 Å². The first kappa shape index (κ1) is 57.4. The van der Waals surface area contributed by atoms with Crippen molar-refractivity contribution in [3.05, 3.63) is 0 Å². The fourth-order valence-electron chi connectivity index (χ4n) is 7.18. The van der Waals surface area contributed by atoms with Gasteiger partial charge in [-0.25, -0.2) is 9.13 Å². The van der Waals surface area contributed by atoms with Crippen molar-refractivity contribution in [2.45, 2.75) is 229 Å². The van der Waals surface area contributed by atoms with Crippen LogP contribution in [0.1, 0.15) is 187 Å². The second-order valence-electron chi connectivity index (χ2n) is 16.2. The van der Waals surface area contributed by atoms with Crippen LogP contribution >= 0.6 is 28.3 Å². The Labute approximate surface area is 364 Å².